The Balaban J connectivity index is 1.93. The average molecular weight is 370 g/mol. The molecule has 1 aliphatic heterocycles. The minimum Gasteiger partial charge on any atom is -0.496 e. The smallest absolute Gasteiger partial charge is 0.339 e. The van der Waals surface area contributed by atoms with Crippen LogP contribution in [-0.4, -0.2) is 56.2 Å². The molecular formula is C16H22N2O6S. The van der Waals surface area contributed by atoms with Crippen LogP contribution in [0.1, 0.15) is 28.8 Å². The number of carboxylic acid groups (broad SMARTS) is 1. The van der Waals surface area contributed by atoms with E-state index < -0.39 is 16.0 Å². The number of piperidine rings is 1. The van der Waals surface area contributed by atoms with Crippen molar-refractivity contribution in [1.29, 1.82) is 0 Å². The van der Waals surface area contributed by atoms with E-state index in [0.29, 0.717) is 31.5 Å². The fourth-order valence-corrected chi connectivity index (χ4v) is 3.69. The van der Waals surface area contributed by atoms with Crippen molar-refractivity contribution in [3.8, 4) is 5.75 Å². The van der Waals surface area contributed by atoms with E-state index in [9.17, 15) is 23.1 Å². The summed E-state index contributed by atoms with van der Waals surface area (Å²) in [7, 11) is -1.82. The quantitative estimate of drug-likeness (QED) is 0.761. The lowest BCUT2D eigenvalue weighted by Crippen LogP contribution is -2.42. The Morgan fingerprint density at radius 3 is 2.48 bits per heavy atom. The third kappa shape index (κ3) is 4.93. The summed E-state index contributed by atoms with van der Waals surface area (Å²) < 4.78 is 29.3. The molecule has 1 heterocycles. The first-order valence-corrected chi connectivity index (χ1v) is 9.70. The number of carbonyl (C=O) groups is 2. The minimum atomic E-state index is -3.22. The van der Waals surface area contributed by atoms with E-state index in [0.717, 1.165) is 6.26 Å². The zero-order valence-corrected chi connectivity index (χ0v) is 15.0. The Morgan fingerprint density at radius 2 is 1.96 bits per heavy atom. The fraction of sp³-hybridized carbons (Fsp3) is 0.500. The minimum absolute atomic E-state index is 0.0377. The van der Waals surface area contributed by atoms with Crippen LogP contribution in [0.3, 0.4) is 0 Å². The number of methoxy groups -OCH3 is 1. The van der Waals surface area contributed by atoms with Crippen molar-refractivity contribution in [2.45, 2.75) is 19.4 Å². The zero-order valence-electron chi connectivity index (χ0n) is 14.2. The van der Waals surface area contributed by atoms with Gasteiger partial charge in [0.05, 0.1) is 13.4 Å². The number of carbonyl (C=O) groups excluding carboxylic acids is 1. The molecule has 9 heteroatoms. The summed E-state index contributed by atoms with van der Waals surface area (Å²) in [5.41, 5.74) is 0.691. The first kappa shape index (κ1) is 19.2. The lowest BCUT2D eigenvalue weighted by molar-refractivity contribution is -0.126. The van der Waals surface area contributed by atoms with Gasteiger partial charge in [-0.05, 0) is 30.5 Å². The summed E-state index contributed by atoms with van der Waals surface area (Å²) in [5, 5.41) is 12.0. The number of nitrogens with one attached hydrogen (secondary N) is 1. The maximum atomic E-state index is 12.2. The first-order chi connectivity index (χ1) is 11.7. The van der Waals surface area contributed by atoms with Crippen LogP contribution in [0.2, 0.25) is 0 Å². The Hall–Kier alpha value is -2.13. The van der Waals surface area contributed by atoms with E-state index in [1.165, 1.54) is 17.5 Å². The van der Waals surface area contributed by atoms with Gasteiger partial charge < -0.3 is 15.2 Å². The number of benzene rings is 1. The lowest BCUT2D eigenvalue weighted by Gasteiger charge is -2.29. The van der Waals surface area contributed by atoms with E-state index in [2.05, 4.69) is 5.32 Å². The number of carboxylic acids is 1. The van der Waals surface area contributed by atoms with Gasteiger partial charge in [0.25, 0.3) is 0 Å². The predicted molar refractivity (Wildman–Crippen MR) is 90.9 cm³/mol. The van der Waals surface area contributed by atoms with Crippen molar-refractivity contribution >= 4 is 21.9 Å². The second kappa shape index (κ2) is 7.83. The van der Waals surface area contributed by atoms with Crippen LogP contribution in [0, 0.1) is 5.92 Å². The van der Waals surface area contributed by atoms with Crippen molar-refractivity contribution in [3.63, 3.8) is 0 Å². The van der Waals surface area contributed by atoms with Gasteiger partial charge in [-0.25, -0.2) is 17.5 Å². The van der Waals surface area contributed by atoms with Crippen LogP contribution in [0.15, 0.2) is 18.2 Å². The van der Waals surface area contributed by atoms with E-state index in [4.69, 9.17) is 4.74 Å². The van der Waals surface area contributed by atoms with Gasteiger partial charge in [0, 0.05) is 25.6 Å². The van der Waals surface area contributed by atoms with E-state index >= 15 is 0 Å². The van der Waals surface area contributed by atoms with Gasteiger partial charge in [0.15, 0.2) is 0 Å². The third-order valence-corrected chi connectivity index (χ3v) is 5.56. The molecule has 1 saturated heterocycles. The first-order valence-electron chi connectivity index (χ1n) is 7.85. The molecule has 1 aliphatic rings. The third-order valence-electron chi connectivity index (χ3n) is 4.25. The molecule has 2 N–H and O–H groups in total. The topological polar surface area (TPSA) is 113 Å². The summed E-state index contributed by atoms with van der Waals surface area (Å²) in [6.07, 6.45) is 2.11. The van der Waals surface area contributed by atoms with Gasteiger partial charge >= 0.3 is 5.97 Å². The molecule has 2 rings (SSSR count). The molecule has 1 fully saturated rings. The molecule has 0 unspecified atom stereocenters. The SMILES string of the molecule is COc1ccc(CNC(=O)C2CCN(S(C)(=O)=O)CC2)cc1C(=O)O. The maximum Gasteiger partial charge on any atom is 0.339 e. The monoisotopic (exact) mass is 370 g/mol. The van der Waals surface area contributed by atoms with Crippen molar-refractivity contribution < 1.29 is 27.9 Å². The molecular weight excluding hydrogens is 348 g/mol. The Labute approximate surface area is 146 Å². The highest BCUT2D eigenvalue weighted by Gasteiger charge is 2.28. The summed E-state index contributed by atoms with van der Waals surface area (Å²) >= 11 is 0. The number of hydrogen-bond donors (Lipinski definition) is 2. The fourth-order valence-electron chi connectivity index (χ4n) is 2.82. The number of rotatable bonds is 6. The molecule has 0 saturated carbocycles. The van der Waals surface area contributed by atoms with Crippen LogP contribution in [0.25, 0.3) is 0 Å². The molecule has 0 bridgehead atoms. The molecule has 0 spiro atoms. The lowest BCUT2D eigenvalue weighted by atomic mass is 9.97. The van der Waals surface area contributed by atoms with Crippen molar-refractivity contribution in [3.05, 3.63) is 29.3 Å². The molecule has 138 valence electrons. The molecule has 25 heavy (non-hydrogen) atoms. The number of ether oxygens (including phenoxy) is 1. The number of aromatic carboxylic acids is 1. The van der Waals surface area contributed by atoms with Crippen LogP contribution in [-0.2, 0) is 21.4 Å². The number of sulfonamides is 1. The normalized spacial score (nSPS) is 16.4. The summed E-state index contributed by atoms with van der Waals surface area (Å²) in [4.78, 5) is 23.5. The molecule has 1 aromatic rings. The molecule has 0 atom stereocenters. The van der Waals surface area contributed by atoms with Crippen LogP contribution < -0.4 is 10.1 Å². The standard InChI is InChI=1S/C16H22N2O6S/c1-24-14-4-3-11(9-13(14)16(20)21)10-17-15(19)12-5-7-18(8-6-12)25(2,22)23/h3-4,9,12H,5-8,10H2,1-2H3,(H,17,19)(H,20,21). The Bertz CT molecular complexity index is 754. The van der Waals surface area contributed by atoms with Crippen molar-refractivity contribution in [2.75, 3.05) is 26.5 Å². The largest absolute Gasteiger partial charge is 0.496 e. The number of hydrogen-bond acceptors (Lipinski definition) is 5. The maximum absolute atomic E-state index is 12.2. The summed E-state index contributed by atoms with van der Waals surface area (Å²) in [6, 6.07) is 4.71. The zero-order chi connectivity index (χ0) is 18.6. The van der Waals surface area contributed by atoms with Crippen molar-refractivity contribution in [2.24, 2.45) is 5.92 Å². The molecule has 0 aromatic heterocycles. The van der Waals surface area contributed by atoms with E-state index in [1.807, 2.05) is 0 Å². The second-order valence-corrected chi connectivity index (χ2v) is 7.98. The van der Waals surface area contributed by atoms with Crippen LogP contribution in [0.4, 0.5) is 0 Å². The van der Waals surface area contributed by atoms with Gasteiger partial charge in [0.1, 0.15) is 11.3 Å². The summed E-state index contributed by atoms with van der Waals surface area (Å²) in [5.74, 6) is -1.23. The van der Waals surface area contributed by atoms with Crippen LogP contribution in [0.5, 0.6) is 5.75 Å². The average Bonchev–Trinajstić information content (AvgIpc) is 2.58. The molecule has 0 aliphatic carbocycles. The highest BCUT2D eigenvalue weighted by Crippen LogP contribution is 2.21. The molecule has 8 nitrogen and oxygen atoms in total. The van der Waals surface area contributed by atoms with Crippen LogP contribution >= 0.6 is 0 Å². The van der Waals surface area contributed by atoms with Gasteiger partial charge in [-0.2, -0.15) is 0 Å². The Morgan fingerprint density at radius 1 is 1.32 bits per heavy atom. The van der Waals surface area contributed by atoms with E-state index in [1.54, 1.807) is 12.1 Å². The predicted octanol–water partition coefficient (Wildman–Crippen LogP) is 0.681. The van der Waals surface area contributed by atoms with Gasteiger partial charge in [0.2, 0.25) is 15.9 Å². The van der Waals surface area contributed by atoms with Crippen molar-refractivity contribution in [1.82, 2.24) is 9.62 Å². The molecule has 1 aromatic carbocycles. The Kier molecular flexibility index (Phi) is 6.02. The molecule has 0 radical (unpaired) electrons. The summed E-state index contributed by atoms with van der Waals surface area (Å²) in [6.45, 7) is 0.876. The highest BCUT2D eigenvalue weighted by atomic mass is 32.2. The highest BCUT2D eigenvalue weighted by molar-refractivity contribution is 7.88. The molecule has 1 amide bonds. The second-order valence-electron chi connectivity index (χ2n) is 5.99. The van der Waals surface area contributed by atoms with Gasteiger partial charge in [-0.15, -0.1) is 0 Å². The van der Waals surface area contributed by atoms with Gasteiger partial charge in [-0.3, -0.25) is 4.79 Å². The van der Waals surface area contributed by atoms with E-state index in [-0.39, 0.29) is 29.7 Å². The number of nitrogens with zero attached hydrogens (tertiary/aromatic N) is 1. The van der Waals surface area contributed by atoms with Gasteiger partial charge in [-0.1, -0.05) is 6.07 Å². The number of amides is 1.